The molecule has 2 fully saturated rings. The molecule has 3 aromatic rings. The lowest BCUT2D eigenvalue weighted by atomic mass is 9.99. The number of fused-ring (bicyclic) bond motifs is 1. The summed E-state index contributed by atoms with van der Waals surface area (Å²) < 4.78 is 25.7. The van der Waals surface area contributed by atoms with Crippen LogP contribution in [0.15, 0.2) is 54.9 Å². The Bertz CT molecular complexity index is 1250. The van der Waals surface area contributed by atoms with Gasteiger partial charge in [0, 0.05) is 31.0 Å². The SMILES string of the molecule is CCOc1cc(CN2CC[C@H]3C(NC(=O)c4cncc(C)c4)CC[C@H]32)cc(OCC)c1-c1ccc(F)cc1. The summed E-state index contributed by atoms with van der Waals surface area (Å²) in [5, 5.41) is 3.29. The lowest BCUT2D eigenvalue weighted by Crippen LogP contribution is -2.39. The first-order valence-corrected chi connectivity index (χ1v) is 13.6. The predicted octanol–water partition coefficient (Wildman–Crippen LogP) is 5.78. The zero-order valence-corrected chi connectivity index (χ0v) is 22.4. The van der Waals surface area contributed by atoms with Gasteiger partial charge in [0.1, 0.15) is 17.3 Å². The summed E-state index contributed by atoms with van der Waals surface area (Å²) in [6.07, 6.45) is 6.50. The van der Waals surface area contributed by atoms with Gasteiger partial charge in [-0.05, 0) is 99.5 Å². The molecule has 1 N–H and O–H groups in total. The van der Waals surface area contributed by atoms with Crippen molar-refractivity contribution in [2.45, 2.75) is 58.7 Å². The van der Waals surface area contributed by atoms with Crippen LogP contribution in [-0.4, -0.2) is 47.6 Å². The summed E-state index contributed by atoms with van der Waals surface area (Å²) >= 11 is 0. The summed E-state index contributed by atoms with van der Waals surface area (Å²) in [4.78, 5) is 19.6. The van der Waals surface area contributed by atoms with E-state index in [1.165, 1.54) is 12.1 Å². The van der Waals surface area contributed by atoms with Crippen molar-refractivity contribution in [2.24, 2.45) is 5.92 Å². The topological polar surface area (TPSA) is 63.7 Å². The fourth-order valence-electron chi connectivity index (χ4n) is 6.09. The van der Waals surface area contributed by atoms with Gasteiger partial charge in [0.25, 0.3) is 5.91 Å². The molecule has 5 rings (SSSR count). The largest absolute Gasteiger partial charge is 0.493 e. The second-order valence-electron chi connectivity index (χ2n) is 10.2. The van der Waals surface area contributed by atoms with E-state index in [4.69, 9.17) is 9.47 Å². The van der Waals surface area contributed by atoms with Crippen LogP contribution in [-0.2, 0) is 6.54 Å². The van der Waals surface area contributed by atoms with E-state index in [0.717, 1.165) is 66.1 Å². The highest BCUT2D eigenvalue weighted by molar-refractivity contribution is 5.94. The molecule has 0 radical (unpaired) electrons. The third-order valence-corrected chi connectivity index (χ3v) is 7.70. The number of nitrogens with zero attached hydrogens (tertiary/aromatic N) is 2. The molecule has 2 aliphatic rings. The Morgan fingerprint density at radius 1 is 1.03 bits per heavy atom. The number of rotatable bonds is 9. The molecule has 1 saturated carbocycles. The third kappa shape index (κ3) is 5.53. The number of ether oxygens (including phenoxy) is 2. The second-order valence-corrected chi connectivity index (χ2v) is 10.2. The number of pyridine rings is 1. The van der Waals surface area contributed by atoms with E-state index in [-0.39, 0.29) is 17.8 Å². The minimum Gasteiger partial charge on any atom is -0.493 e. The first-order chi connectivity index (χ1) is 18.5. The number of carbonyl (C=O) groups excluding carboxylic acids is 1. The van der Waals surface area contributed by atoms with E-state index >= 15 is 0 Å². The lowest BCUT2D eigenvalue weighted by molar-refractivity contribution is 0.0926. The van der Waals surface area contributed by atoms with Gasteiger partial charge in [-0.2, -0.15) is 0 Å². The van der Waals surface area contributed by atoms with Crippen LogP contribution >= 0.6 is 0 Å². The van der Waals surface area contributed by atoms with Crippen molar-refractivity contribution in [2.75, 3.05) is 19.8 Å². The minimum atomic E-state index is -0.272. The molecular formula is C31H36FN3O3. The number of likely N-dealkylation sites (tertiary alicyclic amines) is 1. The molecule has 0 bridgehead atoms. The monoisotopic (exact) mass is 517 g/mol. The van der Waals surface area contributed by atoms with Crippen LogP contribution in [0, 0.1) is 18.7 Å². The maximum absolute atomic E-state index is 13.6. The number of hydrogen-bond acceptors (Lipinski definition) is 5. The Morgan fingerprint density at radius 3 is 2.39 bits per heavy atom. The molecule has 1 aromatic heterocycles. The molecule has 1 aliphatic heterocycles. The van der Waals surface area contributed by atoms with Gasteiger partial charge in [-0.15, -0.1) is 0 Å². The Morgan fingerprint density at radius 2 is 1.74 bits per heavy atom. The van der Waals surface area contributed by atoms with Crippen molar-refractivity contribution in [3.63, 3.8) is 0 Å². The van der Waals surface area contributed by atoms with Crippen LogP contribution in [0.5, 0.6) is 11.5 Å². The van der Waals surface area contributed by atoms with Crippen molar-refractivity contribution < 1.29 is 18.7 Å². The summed E-state index contributed by atoms with van der Waals surface area (Å²) in [6, 6.07) is 13.1. The van der Waals surface area contributed by atoms with Gasteiger partial charge in [-0.25, -0.2) is 4.39 Å². The molecule has 3 atom stereocenters. The molecule has 2 aromatic carbocycles. The standard InChI is InChI=1S/C31H36FN3O3/c1-4-37-28-15-21(16-29(38-5-2)30(28)22-6-8-24(32)9-7-22)19-35-13-12-25-26(10-11-27(25)35)34-31(36)23-14-20(3)17-33-18-23/h6-9,14-18,25-27H,4-5,10-13,19H2,1-3H3,(H,34,36)/t25-,26?,27+/m0/s1. The van der Waals surface area contributed by atoms with Gasteiger partial charge < -0.3 is 14.8 Å². The van der Waals surface area contributed by atoms with Gasteiger partial charge in [0.05, 0.1) is 24.3 Å². The van der Waals surface area contributed by atoms with Gasteiger partial charge in [-0.3, -0.25) is 14.7 Å². The lowest BCUT2D eigenvalue weighted by Gasteiger charge is -2.26. The van der Waals surface area contributed by atoms with Crippen molar-refractivity contribution in [3.8, 4) is 22.6 Å². The van der Waals surface area contributed by atoms with Gasteiger partial charge in [-0.1, -0.05) is 12.1 Å². The molecule has 1 amide bonds. The highest BCUT2D eigenvalue weighted by Crippen LogP contribution is 2.43. The number of benzene rings is 2. The molecule has 1 unspecified atom stereocenters. The van der Waals surface area contributed by atoms with E-state index in [0.29, 0.717) is 30.7 Å². The maximum Gasteiger partial charge on any atom is 0.253 e. The molecule has 2 heterocycles. The number of hydrogen-bond donors (Lipinski definition) is 1. The number of halogens is 1. The smallest absolute Gasteiger partial charge is 0.253 e. The normalized spacial score (nSPS) is 20.8. The number of carbonyl (C=O) groups is 1. The highest BCUT2D eigenvalue weighted by Gasteiger charge is 2.44. The third-order valence-electron chi connectivity index (χ3n) is 7.70. The molecule has 1 saturated heterocycles. The van der Waals surface area contributed by atoms with Crippen LogP contribution in [0.25, 0.3) is 11.1 Å². The average molecular weight is 518 g/mol. The van der Waals surface area contributed by atoms with E-state index in [9.17, 15) is 9.18 Å². The van der Waals surface area contributed by atoms with Crippen LogP contribution in [0.2, 0.25) is 0 Å². The Kier molecular flexibility index (Phi) is 7.93. The Hall–Kier alpha value is -3.45. The van der Waals surface area contributed by atoms with E-state index in [1.54, 1.807) is 24.5 Å². The molecule has 7 heteroatoms. The van der Waals surface area contributed by atoms with E-state index in [2.05, 4.69) is 27.3 Å². The molecular weight excluding hydrogens is 481 g/mol. The summed E-state index contributed by atoms with van der Waals surface area (Å²) in [6.45, 7) is 8.70. The van der Waals surface area contributed by atoms with E-state index < -0.39 is 0 Å². The summed E-state index contributed by atoms with van der Waals surface area (Å²) in [5.74, 6) is 1.63. The Balaban J connectivity index is 1.33. The van der Waals surface area contributed by atoms with Crippen LogP contribution < -0.4 is 14.8 Å². The maximum atomic E-state index is 13.6. The number of nitrogens with one attached hydrogen (secondary N) is 1. The van der Waals surface area contributed by atoms with Crippen molar-refractivity contribution >= 4 is 5.91 Å². The highest BCUT2D eigenvalue weighted by atomic mass is 19.1. The predicted molar refractivity (Wildman–Crippen MR) is 146 cm³/mol. The quantitative estimate of drug-likeness (QED) is 0.390. The van der Waals surface area contributed by atoms with Crippen molar-refractivity contribution in [1.82, 2.24) is 15.2 Å². The van der Waals surface area contributed by atoms with Gasteiger partial charge >= 0.3 is 0 Å². The van der Waals surface area contributed by atoms with Gasteiger partial charge in [0.15, 0.2) is 0 Å². The zero-order chi connectivity index (χ0) is 26.6. The zero-order valence-electron chi connectivity index (χ0n) is 22.4. The minimum absolute atomic E-state index is 0.0376. The fraction of sp³-hybridized carbons (Fsp3) is 0.419. The van der Waals surface area contributed by atoms with Gasteiger partial charge in [0.2, 0.25) is 0 Å². The number of amides is 1. The van der Waals surface area contributed by atoms with Crippen molar-refractivity contribution in [1.29, 1.82) is 0 Å². The van der Waals surface area contributed by atoms with Crippen LogP contribution in [0.1, 0.15) is 54.6 Å². The molecule has 0 spiro atoms. The molecule has 200 valence electrons. The summed E-state index contributed by atoms with van der Waals surface area (Å²) in [7, 11) is 0. The number of aryl methyl sites for hydroxylation is 1. The average Bonchev–Trinajstić information content (AvgIpc) is 3.48. The first-order valence-electron chi connectivity index (χ1n) is 13.6. The Labute approximate surface area is 224 Å². The van der Waals surface area contributed by atoms with E-state index in [1.807, 2.05) is 26.8 Å². The molecule has 38 heavy (non-hydrogen) atoms. The number of aromatic nitrogens is 1. The first kappa shape index (κ1) is 26.2. The molecule has 6 nitrogen and oxygen atoms in total. The van der Waals surface area contributed by atoms with Crippen molar-refractivity contribution in [3.05, 3.63) is 77.4 Å². The molecule has 1 aliphatic carbocycles. The second kappa shape index (κ2) is 11.5. The summed E-state index contributed by atoms with van der Waals surface area (Å²) in [5.41, 5.74) is 4.45. The van der Waals surface area contributed by atoms with Crippen LogP contribution in [0.4, 0.5) is 4.39 Å². The fourth-order valence-corrected chi connectivity index (χ4v) is 6.09. The van der Waals surface area contributed by atoms with Crippen LogP contribution in [0.3, 0.4) is 0 Å².